The summed E-state index contributed by atoms with van der Waals surface area (Å²) in [6.45, 7) is 2.43. The van der Waals surface area contributed by atoms with Crippen LogP contribution in [0, 0.1) is 12.7 Å². The number of fused-ring (bicyclic) bond motifs is 2. The van der Waals surface area contributed by atoms with Gasteiger partial charge >= 0.3 is 5.69 Å². The lowest BCUT2D eigenvalue weighted by molar-refractivity contribution is -0.0343. The van der Waals surface area contributed by atoms with Gasteiger partial charge in [-0.15, -0.1) is 0 Å². The molecule has 0 amide bonds. The first-order valence-electron chi connectivity index (χ1n) is 10.3. The normalized spacial score (nSPS) is 25.4. The van der Waals surface area contributed by atoms with Gasteiger partial charge in [0.1, 0.15) is 17.8 Å². The summed E-state index contributed by atoms with van der Waals surface area (Å²) in [6.07, 6.45) is 2.78. The van der Waals surface area contributed by atoms with Gasteiger partial charge in [-0.3, -0.25) is 9.47 Å². The molecule has 2 saturated heterocycles. The topological polar surface area (TPSA) is 52.3 Å². The van der Waals surface area contributed by atoms with Gasteiger partial charge in [-0.1, -0.05) is 12.1 Å². The predicted molar refractivity (Wildman–Crippen MR) is 105 cm³/mol. The van der Waals surface area contributed by atoms with Gasteiger partial charge in [0.25, 0.3) is 0 Å². The number of alkyl halides is 1. The van der Waals surface area contributed by atoms with E-state index in [9.17, 15) is 13.6 Å². The van der Waals surface area contributed by atoms with Crippen LogP contribution in [0.1, 0.15) is 37.1 Å². The van der Waals surface area contributed by atoms with E-state index in [4.69, 9.17) is 4.74 Å². The monoisotopic (exact) mass is 406 g/mol. The summed E-state index contributed by atoms with van der Waals surface area (Å²) >= 11 is 0. The van der Waals surface area contributed by atoms with Crippen LogP contribution in [0.4, 0.5) is 8.78 Å². The third-order valence-electron chi connectivity index (χ3n) is 6.25. The third kappa shape index (κ3) is 4.43. The number of aryl methyl sites for hydroxylation is 1. The fourth-order valence-electron chi connectivity index (χ4n) is 4.69. The highest BCUT2D eigenvalue weighted by atomic mass is 19.1. The predicted octanol–water partition coefficient (Wildman–Crippen LogP) is 2.58. The van der Waals surface area contributed by atoms with Crippen molar-refractivity contribution in [3.05, 3.63) is 52.0 Å². The molecule has 2 bridgehead atoms. The van der Waals surface area contributed by atoms with E-state index in [-0.39, 0.29) is 24.2 Å². The zero-order chi connectivity index (χ0) is 20.5. The van der Waals surface area contributed by atoms with Crippen molar-refractivity contribution in [3.8, 4) is 0 Å². The van der Waals surface area contributed by atoms with Gasteiger partial charge in [0, 0.05) is 25.7 Å². The van der Waals surface area contributed by atoms with Gasteiger partial charge in [-0.05, 0) is 50.3 Å². The molecule has 0 radical (unpaired) electrons. The van der Waals surface area contributed by atoms with Crippen LogP contribution in [0.5, 0.6) is 0 Å². The standard InChI is InChI=1S/C21H28F2N4O2/c1-14-24-27(21(28)25(14)2)12-17(23)11-26-18-6-7-19(26)10-20(9-18)29-13-15-4-3-5-16(22)8-15/h3-5,8,17-20H,6-7,9-13H2,1-2H3/t17-,18?,19?,20?/m1/s1. The molecule has 3 heterocycles. The van der Waals surface area contributed by atoms with E-state index in [2.05, 4.69) is 10.00 Å². The summed E-state index contributed by atoms with van der Waals surface area (Å²) in [6, 6.07) is 7.07. The molecule has 8 heteroatoms. The van der Waals surface area contributed by atoms with E-state index < -0.39 is 6.17 Å². The third-order valence-corrected chi connectivity index (χ3v) is 6.25. The van der Waals surface area contributed by atoms with Crippen LogP contribution in [0.3, 0.4) is 0 Å². The molecular formula is C21H28F2N4O2. The minimum atomic E-state index is -1.14. The van der Waals surface area contributed by atoms with Gasteiger partial charge < -0.3 is 4.74 Å². The minimum Gasteiger partial charge on any atom is -0.373 e. The second kappa shape index (κ2) is 8.36. The maximum absolute atomic E-state index is 14.8. The largest absolute Gasteiger partial charge is 0.373 e. The van der Waals surface area contributed by atoms with Crippen molar-refractivity contribution in [2.45, 2.75) is 70.1 Å². The van der Waals surface area contributed by atoms with E-state index in [1.54, 1.807) is 20.0 Å². The van der Waals surface area contributed by atoms with Gasteiger partial charge in [-0.2, -0.15) is 5.10 Å². The Hall–Kier alpha value is -2.06. The number of nitrogens with zero attached hydrogens (tertiary/aromatic N) is 4. The first kappa shape index (κ1) is 20.2. The fourth-order valence-corrected chi connectivity index (χ4v) is 4.69. The highest BCUT2D eigenvalue weighted by Gasteiger charge is 2.41. The van der Waals surface area contributed by atoms with E-state index in [1.165, 1.54) is 21.4 Å². The molecule has 0 N–H and O–H groups in total. The number of ether oxygens (including phenoxy) is 1. The molecule has 4 rings (SSSR count). The SMILES string of the molecule is Cc1nn(C[C@H](F)CN2C3CCC2CC(OCc2cccc(F)c2)C3)c(=O)n1C. The lowest BCUT2D eigenvalue weighted by atomic mass is 9.99. The average molecular weight is 406 g/mol. The molecule has 2 unspecified atom stereocenters. The fraction of sp³-hybridized carbons (Fsp3) is 0.619. The summed E-state index contributed by atoms with van der Waals surface area (Å²) in [5, 5.41) is 4.13. The van der Waals surface area contributed by atoms with Crippen molar-refractivity contribution in [2.24, 2.45) is 7.05 Å². The van der Waals surface area contributed by atoms with Crippen LogP contribution in [0.2, 0.25) is 0 Å². The van der Waals surface area contributed by atoms with Crippen LogP contribution < -0.4 is 5.69 Å². The Balaban J connectivity index is 1.31. The van der Waals surface area contributed by atoms with Crippen molar-refractivity contribution < 1.29 is 13.5 Å². The number of piperidine rings is 1. The van der Waals surface area contributed by atoms with Crippen LogP contribution in [-0.2, 0) is 24.9 Å². The number of aromatic nitrogens is 3. The quantitative estimate of drug-likeness (QED) is 0.709. The summed E-state index contributed by atoms with van der Waals surface area (Å²) in [5.74, 6) is 0.329. The maximum Gasteiger partial charge on any atom is 0.345 e. The molecule has 2 fully saturated rings. The molecule has 2 aliphatic heterocycles. The van der Waals surface area contributed by atoms with E-state index >= 15 is 0 Å². The van der Waals surface area contributed by atoms with Gasteiger partial charge in [0.05, 0.1) is 19.3 Å². The van der Waals surface area contributed by atoms with Crippen LogP contribution in [-0.4, -0.2) is 50.2 Å². The Kier molecular flexibility index (Phi) is 5.83. The van der Waals surface area contributed by atoms with Gasteiger partial charge in [0.15, 0.2) is 0 Å². The molecule has 0 aliphatic carbocycles. The molecule has 29 heavy (non-hydrogen) atoms. The average Bonchev–Trinajstić information content (AvgIpc) is 3.05. The lowest BCUT2D eigenvalue weighted by Crippen LogP contribution is -2.48. The summed E-state index contributed by atoms with van der Waals surface area (Å²) in [5.41, 5.74) is 0.553. The molecule has 0 spiro atoms. The van der Waals surface area contributed by atoms with Crippen molar-refractivity contribution in [3.63, 3.8) is 0 Å². The zero-order valence-corrected chi connectivity index (χ0v) is 16.9. The summed E-state index contributed by atoms with van der Waals surface area (Å²) < 4.78 is 36.8. The molecule has 1 aromatic carbocycles. The van der Waals surface area contributed by atoms with Crippen molar-refractivity contribution in [1.29, 1.82) is 0 Å². The van der Waals surface area contributed by atoms with Gasteiger partial charge in [0.2, 0.25) is 0 Å². The second-order valence-electron chi connectivity index (χ2n) is 8.28. The van der Waals surface area contributed by atoms with E-state index in [1.807, 2.05) is 6.07 Å². The smallest absolute Gasteiger partial charge is 0.345 e. The number of rotatable bonds is 7. The summed E-state index contributed by atoms with van der Waals surface area (Å²) in [4.78, 5) is 14.3. The van der Waals surface area contributed by atoms with Crippen LogP contribution in [0.15, 0.2) is 29.1 Å². The molecule has 1 aromatic heterocycles. The van der Waals surface area contributed by atoms with Gasteiger partial charge in [-0.25, -0.2) is 18.3 Å². The molecule has 0 saturated carbocycles. The Morgan fingerprint density at radius 2 is 1.97 bits per heavy atom. The summed E-state index contributed by atoms with van der Waals surface area (Å²) in [7, 11) is 1.64. The molecule has 158 valence electrons. The van der Waals surface area contributed by atoms with Crippen molar-refractivity contribution in [2.75, 3.05) is 6.54 Å². The minimum absolute atomic E-state index is 0.0179. The molecule has 2 aliphatic rings. The molecule has 3 atom stereocenters. The van der Waals surface area contributed by atoms with Crippen LogP contribution >= 0.6 is 0 Å². The van der Waals surface area contributed by atoms with E-state index in [0.29, 0.717) is 31.1 Å². The number of benzene rings is 1. The van der Waals surface area contributed by atoms with Crippen molar-refractivity contribution >= 4 is 0 Å². The Morgan fingerprint density at radius 3 is 2.59 bits per heavy atom. The Bertz CT molecular complexity index is 898. The van der Waals surface area contributed by atoms with E-state index in [0.717, 1.165) is 31.2 Å². The number of halogens is 2. The number of hydrogen-bond acceptors (Lipinski definition) is 4. The zero-order valence-electron chi connectivity index (χ0n) is 16.9. The Morgan fingerprint density at radius 1 is 1.24 bits per heavy atom. The second-order valence-corrected chi connectivity index (χ2v) is 8.28. The maximum atomic E-state index is 14.8. The molecular weight excluding hydrogens is 378 g/mol. The highest BCUT2D eigenvalue weighted by molar-refractivity contribution is 5.15. The number of hydrogen-bond donors (Lipinski definition) is 0. The molecule has 2 aromatic rings. The van der Waals surface area contributed by atoms with Crippen LogP contribution in [0.25, 0.3) is 0 Å². The highest BCUT2D eigenvalue weighted by Crippen LogP contribution is 2.37. The Labute approximate surface area is 169 Å². The lowest BCUT2D eigenvalue weighted by Gasteiger charge is -2.39. The molecule has 6 nitrogen and oxygen atoms in total. The first-order valence-corrected chi connectivity index (χ1v) is 10.3. The van der Waals surface area contributed by atoms with Crippen molar-refractivity contribution in [1.82, 2.24) is 19.2 Å². The first-order chi connectivity index (χ1) is 13.9.